The summed E-state index contributed by atoms with van der Waals surface area (Å²) in [5, 5.41) is 7.99. The number of hydrogen-bond donors (Lipinski definition) is 1. The molecular formula is C18H24N4O3. The highest BCUT2D eigenvalue weighted by Gasteiger charge is 2.24. The molecule has 7 heteroatoms. The molecule has 0 saturated heterocycles. The van der Waals surface area contributed by atoms with Crippen LogP contribution in [0, 0.1) is 0 Å². The number of esters is 1. The van der Waals surface area contributed by atoms with Crippen LogP contribution < -0.4 is 5.32 Å². The molecule has 1 amide bonds. The van der Waals surface area contributed by atoms with E-state index in [-0.39, 0.29) is 18.0 Å². The molecule has 25 heavy (non-hydrogen) atoms. The molecule has 0 aliphatic heterocycles. The number of ether oxygens (including phenoxy) is 1. The van der Waals surface area contributed by atoms with Gasteiger partial charge in [0.05, 0.1) is 11.8 Å². The monoisotopic (exact) mass is 344 g/mol. The van der Waals surface area contributed by atoms with Crippen LogP contribution in [0.1, 0.15) is 62.9 Å². The number of amides is 1. The number of hydrogen-bond acceptors (Lipinski definition) is 5. The molecule has 1 aliphatic carbocycles. The first kappa shape index (κ1) is 17.4. The van der Waals surface area contributed by atoms with E-state index in [2.05, 4.69) is 15.4 Å². The lowest BCUT2D eigenvalue weighted by Crippen LogP contribution is -2.40. The van der Waals surface area contributed by atoms with E-state index in [9.17, 15) is 9.59 Å². The second-order valence-corrected chi connectivity index (χ2v) is 6.86. The molecule has 134 valence electrons. The van der Waals surface area contributed by atoms with Crippen molar-refractivity contribution in [2.24, 2.45) is 0 Å². The Kier molecular flexibility index (Phi) is 5.01. The first-order valence-corrected chi connectivity index (χ1v) is 8.80. The minimum Gasteiger partial charge on any atom is -0.449 e. The van der Waals surface area contributed by atoms with E-state index in [0.717, 1.165) is 36.7 Å². The summed E-state index contributed by atoms with van der Waals surface area (Å²) in [6, 6.07) is 2.08. The van der Waals surface area contributed by atoms with Crippen molar-refractivity contribution in [2.75, 3.05) is 0 Å². The first-order chi connectivity index (χ1) is 12.0. The number of nitrogens with zero attached hydrogens (tertiary/aromatic N) is 3. The molecule has 2 aromatic rings. The highest BCUT2D eigenvalue weighted by molar-refractivity contribution is 5.94. The molecule has 2 aromatic heterocycles. The number of fused-ring (bicyclic) bond motifs is 1. The lowest BCUT2D eigenvalue weighted by molar-refractivity contribution is -0.129. The van der Waals surface area contributed by atoms with Gasteiger partial charge in [-0.2, -0.15) is 5.10 Å². The Hall–Kier alpha value is -2.44. The number of aromatic nitrogens is 3. The predicted octanol–water partition coefficient (Wildman–Crippen LogP) is 2.62. The maximum atomic E-state index is 12.3. The van der Waals surface area contributed by atoms with Gasteiger partial charge in [0.15, 0.2) is 11.8 Å². The number of carbonyl (C=O) groups excluding carboxylic acids is 2. The van der Waals surface area contributed by atoms with Crippen LogP contribution in [-0.4, -0.2) is 38.8 Å². The van der Waals surface area contributed by atoms with Crippen LogP contribution in [0.15, 0.2) is 18.5 Å². The maximum absolute atomic E-state index is 12.3. The summed E-state index contributed by atoms with van der Waals surface area (Å²) in [6.07, 6.45) is 6.56. The zero-order chi connectivity index (χ0) is 18.0. The molecule has 0 bridgehead atoms. The van der Waals surface area contributed by atoms with Crippen molar-refractivity contribution >= 4 is 22.9 Å². The van der Waals surface area contributed by atoms with E-state index in [1.54, 1.807) is 23.9 Å². The largest absolute Gasteiger partial charge is 0.449 e. The van der Waals surface area contributed by atoms with E-state index in [4.69, 9.17) is 4.74 Å². The number of nitrogens with one attached hydrogen (secondary N) is 1. The summed E-state index contributed by atoms with van der Waals surface area (Å²) in [7, 11) is 0. The Morgan fingerprint density at radius 1 is 1.24 bits per heavy atom. The molecule has 1 aliphatic rings. The smallest absolute Gasteiger partial charge is 0.340 e. The van der Waals surface area contributed by atoms with Crippen molar-refractivity contribution in [1.82, 2.24) is 20.1 Å². The number of carbonyl (C=O) groups is 2. The quantitative estimate of drug-likeness (QED) is 0.843. The molecule has 0 radical (unpaired) electrons. The van der Waals surface area contributed by atoms with E-state index in [1.807, 2.05) is 13.8 Å². The molecule has 1 saturated carbocycles. The third kappa shape index (κ3) is 3.81. The highest BCUT2D eigenvalue weighted by Crippen LogP contribution is 2.19. The topological polar surface area (TPSA) is 86.1 Å². The summed E-state index contributed by atoms with van der Waals surface area (Å²) in [5.74, 6) is -0.803. The fourth-order valence-corrected chi connectivity index (χ4v) is 3.10. The van der Waals surface area contributed by atoms with Crippen LogP contribution >= 0.6 is 0 Å². The van der Waals surface area contributed by atoms with Gasteiger partial charge in [0.2, 0.25) is 0 Å². The second-order valence-electron chi connectivity index (χ2n) is 6.86. The molecule has 3 rings (SSSR count). The summed E-state index contributed by atoms with van der Waals surface area (Å²) in [6.45, 7) is 5.62. The Morgan fingerprint density at radius 3 is 2.64 bits per heavy atom. The van der Waals surface area contributed by atoms with Gasteiger partial charge in [0.1, 0.15) is 0 Å². The van der Waals surface area contributed by atoms with Gasteiger partial charge in [-0.15, -0.1) is 0 Å². The number of rotatable bonds is 5. The maximum Gasteiger partial charge on any atom is 0.340 e. The Labute approximate surface area is 146 Å². The third-order valence-electron chi connectivity index (χ3n) is 4.51. The fraction of sp³-hybridized carbons (Fsp3) is 0.556. The van der Waals surface area contributed by atoms with Crippen molar-refractivity contribution in [3.63, 3.8) is 0 Å². The second kappa shape index (κ2) is 7.21. The van der Waals surface area contributed by atoms with Gasteiger partial charge in [0.25, 0.3) is 5.91 Å². The zero-order valence-electron chi connectivity index (χ0n) is 14.9. The van der Waals surface area contributed by atoms with Crippen molar-refractivity contribution < 1.29 is 14.3 Å². The van der Waals surface area contributed by atoms with E-state index in [0.29, 0.717) is 5.56 Å². The normalized spacial score (nSPS) is 16.3. The van der Waals surface area contributed by atoms with Crippen molar-refractivity contribution in [3.05, 3.63) is 24.0 Å². The summed E-state index contributed by atoms with van der Waals surface area (Å²) < 4.78 is 7.09. The minimum atomic E-state index is -0.831. The van der Waals surface area contributed by atoms with Gasteiger partial charge < -0.3 is 10.1 Å². The standard InChI is InChI=1S/C18H24N4O3/c1-11(2)22-16-13(10-20-22)8-14(9-19-16)18(24)25-12(3)17(23)21-15-6-4-5-7-15/h8-12,15H,4-7H2,1-3H3,(H,21,23)/t12-/m1/s1. The lowest BCUT2D eigenvalue weighted by Gasteiger charge is -2.17. The molecular weight excluding hydrogens is 320 g/mol. The van der Waals surface area contributed by atoms with Crippen LogP contribution in [0.25, 0.3) is 11.0 Å². The summed E-state index contributed by atoms with van der Waals surface area (Å²) >= 11 is 0. The van der Waals surface area contributed by atoms with Gasteiger partial charge in [-0.1, -0.05) is 12.8 Å². The lowest BCUT2D eigenvalue weighted by atomic mass is 10.2. The van der Waals surface area contributed by atoms with E-state index < -0.39 is 12.1 Å². The van der Waals surface area contributed by atoms with Crippen LogP contribution in [0.4, 0.5) is 0 Å². The molecule has 1 N–H and O–H groups in total. The number of pyridine rings is 1. The predicted molar refractivity (Wildman–Crippen MR) is 93.2 cm³/mol. The zero-order valence-corrected chi connectivity index (χ0v) is 14.9. The molecule has 7 nitrogen and oxygen atoms in total. The van der Waals surface area contributed by atoms with Gasteiger partial charge in [-0.05, 0) is 39.7 Å². The van der Waals surface area contributed by atoms with Crippen LogP contribution in [0.3, 0.4) is 0 Å². The third-order valence-corrected chi connectivity index (χ3v) is 4.51. The molecule has 1 fully saturated rings. The van der Waals surface area contributed by atoms with E-state index in [1.165, 1.54) is 6.20 Å². The highest BCUT2D eigenvalue weighted by atomic mass is 16.5. The van der Waals surface area contributed by atoms with Gasteiger partial charge in [-0.3, -0.25) is 4.79 Å². The van der Waals surface area contributed by atoms with Crippen molar-refractivity contribution in [1.29, 1.82) is 0 Å². The SMILES string of the molecule is CC(C)n1ncc2cc(C(=O)O[C@H](C)C(=O)NC3CCCC3)cnc21. The van der Waals surface area contributed by atoms with Crippen LogP contribution in [-0.2, 0) is 9.53 Å². The first-order valence-electron chi connectivity index (χ1n) is 8.80. The van der Waals surface area contributed by atoms with Crippen molar-refractivity contribution in [2.45, 2.75) is 64.6 Å². The van der Waals surface area contributed by atoms with Gasteiger partial charge in [-0.25, -0.2) is 14.5 Å². The van der Waals surface area contributed by atoms with E-state index >= 15 is 0 Å². The molecule has 2 heterocycles. The van der Waals surface area contributed by atoms with Gasteiger partial charge in [0, 0.05) is 23.7 Å². The molecule has 0 spiro atoms. The Morgan fingerprint density at radius 2 is 1.96 bits per heavy atom. The summed E-state index contributed by atoms with van der Waals surface area (Å²) in [4.78, 5) is 28.8. The Bertz CT molecular complexity index is 778. The Balaban J connectivity index is 1.66. The fourth-order valence-electron chi connectivity index (χ4n) is 3.10. The average Bonchev–Trinajstić information content (AvgIpc) is 3.22. The molecule has 1 atom stereocenters. The summed E-state index contributed by atoms with van der Waals surface area (Å²) in [5.41, 5.74) is 1.04. The van der Waals surface area contributed by atoms with Gasteiger partial charge >= 0.3 is 5.97 Å². The van der Waals surface area contributed by atoms with Crippen LogP contribution in [0.2, 0.25) is 0 Å². The average molecular weight is 344 g/mol. The van der Waals surface area contributed by atoms with Crippen molar-refractivity contribution in [3.8, 4) is 0 Å². The van der Waals surface area contributed by atoms with Crippen LogP contribution in [0.5, 0.6) is 0 Å². The minimum absolute atomic E-state index is 0.183. The molecule has 0 unspecified atom stereocenters. The molecule has 0 aromatic carbocycles.